The van der Waals surface area contributed by atoms with E-state index in [1.807, 2.05) is 66.7 Å². The fourth-order valence-corrected chi connectivity index (χ4v) is 9.85. The van der Waals surface area contributed by atoms with Crippen LogP contribution in [0.15, 0.2) is 102 Å². The molecule has 0 radical (unpaired) electrons. The van der Waals surface area contributed by atoms with Gasteiger partial charge in [0.25, 0.3) is 11.5 Å². The van der Waals surface area contributed by atoms with Crippen LogP contribution in [0, 0.1) is 0 Å². The zero-order chi connectivity index (χ0) is 40.7. The lowest BCUT2D eigenvalue weighted by Crippen LogP contribution is -2.52. The smallest absolute Gasteiger partial charge is 0.265 e. The van der Waals surface area contributed by atoms with Crippen molar-refractivity contribution in [3.63, 3.8) is 0 Å². The summed E-state index contributed by atoms with van der Waals surface area (Å²) in [5.41, 5.74) is 6.42. The molecule has 5 aromatic rings. The van der Waals surface area contributed by atoms with Crippen LogP contribution < -0.4 is 20.5 Å². The van der Waals surface area contributed by atoms with Gasteiger partial charge in [0, 0.05) is 43.3 Å². The Bertz CT molecular complexity index is 2470. The number of nitrogens with one attached hydrogen (secondary N) is 1. The number of piperidine rings is 3. The highest BCUT2D eigenvalue weighted by atomic mass is 16.5. The largest absolute Gasteiger partial charge is 0.489 e. The molecule has 308 valence electrons. The summed E-state index contributed by atoms with van der Waals surface area (Å²) in [6.45, 7) is 4.80. The fraction of sp³-hybridized carbons (Fsp3) is 0.396. The number of amides is 3. The maximum absolute atomic E-state index is 13.6. The van der Waals surface area contributed by atoms with Crippen LogP contribution in [-0.4, -0.2) is 87.5 Å². The lowest BCUT2D eigenvalue weighted by atomic mass is 9.83. The Morgan fingerprint density at radius 1 is 0.750 bits per heavy atom. The number of nitrogens with zero attached hydrogens (tertiary/aromatic N) is 5. The third-order valence-corrected chi connectivity index (χ3v) is 13.4. The fourth-order valence-electron chi connectivity index (χ4n) is 9.85. The number of anilines is 1. The van der Waals surface area contributed by atoms with Gasteiger partial charge in [-0.1, -0.05) is 42.5 Å². The van der Waals surface area contributed by atoms with Gasteiger partial charge in [-0.3, -0.25) is 29.1 Å². The van der Waals surface area contributed by atoms with Gasteiger partial charge < -0.3 is 24.2 Å². The summed E-state index contributed by atoms with van der Waals surface area (Å²) in [7, 11) is 0. The van der Waals surface area contributed by atoms with Crippen LogP contribution in [0.5, 0.6) is 5.75 Å². The second-order valence-electron chi connectivity index (χ2n) is 17.1. The van der Waals surface area contributed by atoms with Crippen molar-refractivity contribution in [3.05, 3.63) is 130 Å². The number of aromatic nitrogens is 2. The van der Waals surface area contributed by atoms with Crippen molar-refractivity contribution >= 4 is 34.3 Å². The molecule has 12 heteroatoms. The maximum atomic E-state index is 13.6. The van der Waals surface area contributed by atoms with Crippen molar-refractivity contribution in [3.8, 4) is 11.4 Å². The van der Waals surface area contributed by atoms with E-state index in [2.05, 4.69) is 38.3 Å². The highest BCUT2D eigenvalue weighted by molar-refractivity contribution is 6.05. The molecule has 0 spiro atoms. The van der Waals surface area contributed by atoms with Crippen molar-refractivity contribution < 1.29 is 23.9 Å². The first-order valence-corrected chi connectivity index (χ1v) is 21.5. The summed E-state index contributed by atoms with van der Waals surface area (Å²) in [5.74, 6) is 0.350. The summed E-state index contributed by atoms with van der Waals surface area (Å²) in [5, 5.41) is 2.91. The van der Waals surface area contributed by atoms with Gasteiger partial charge in [-0.25, -0.2) is 4.98 Å². The molecule has 5 heterocycles. The van der Waals surface area contributed by atoms with Gasteiger partial charge in [0.1, 0.15) is 24.7 Å². The highest BCUT2D eigenvalue weighted by Crippen LogP contribution is 2.37. The van der Waals surface area contributed by atoms with E-state index < -0.39 is 6.04 Å². The van der Waals surface area contributed by atoms with Crippen LogP contribution in [0.1, 0.15) is 84.3 Å². The van der Waals surface area contributed by atoms with E-state index in [0.717, 1.165) is 87.2 Å². The van der Waals surface area contributed by atoms with E-state index >= 15 is 0 Å². The van der Waals surface area contributed by atoms with Crippen LogP contribution in [0.3, 0.4) is 0 Å². The Morgan fingerprint density at radius 3 is 2.28 bits per heavy atom. The molecule has 5 aliphatic rings. The Kier molecular flexibility index (Phi) is 10.4. The molecular weight excluding hydrogens is 757 g/mol. The number of carbonyl (C=O) groups is 3. The van der Waals surface area contributed by atoms with E-state index in [0.29, 0.717) is 59.9 Å². The lowest BCUT2D eigenvalue weighted by Gasteiger charge is -2.47. The minimum absolute atomic E-state index is 0.114. The number of hydrogen-bond acceptors (Lipinski definition) is 9. The summed E-state index contributed by atoms with van der Waals surface area (Å²) >= 11 is 0. The Morgan fingerprint density at radius 2 is 1.52 bits per heavy atom. The van der Waals surface area contributed by atoms with Gasteiger partial charge in [0.05, 0.1) is 28.8 Å². The van der Waals surface area contributed by atoms with E-state index in [9.17, 15) is 19.2 Å². The summed E-state index contributed by atoms with van der Waals surface area (Å²) in [4.78, 5) is 62.0. The first-order chi connectivity index (χ1) is 29.3. The number of carbonyl (C=O) groups excluding carboxylic acids is 3. The molecule has 4 aliphatic heterocycles. The van der Waals surface area contributed by atoms with Crippen LogP contribution in [0.2, 0.25) is 0 Å². The number of imide groups is 1. The highest BCUT2D eigenvalue weighted by Gasteiger charge is 2.40. The average molecular weight is 807 g/mol. The van der Waals surface area contributed by atoms with Gasteiger partial charge in [-0.05, 0) is 129 Å². The van der Waals surface area contributed by atoms with Gasteiger partial charge in [0.15, 0.2) is 0 Å². The predicted octanol–water partition coefficient (Wildman–Crippen LogP) is 6.12. The van der Waals surface area contributed by atoms with E-state index in [1.54, 1.807) is 21.9 Å². The zero-order valence-corrected chi connectivity index (χ0v) is 33.7. The summed E-state index contributed by atoms with van der Waals surface area (Å²) in [6, 6.07) is 29.9. The first kappa shape index (κ1) is 38.4. The molecule has 0 bridgehead atoms. The van der Waals surface area contributed by atoms with E-state index in [-0.39, 0.29) is 35.8 Å². The monoisotopic (exact) mass is 806 g/mol. The number of likely N-dealkylation sites (tertiary alicyclic amines) is 1. The minimum Gasteiger partial charge on any atom is -0.489 e. The van der Waals surface area contributed by atoms with Gasteiger partial charge in [-0.15, -0.1) is 0 Å². The number of fused-ring (bicyclic) bond motifs is 2. The summed E-state index contributed by atoms with van der Waals surface area (Å²) in [6.07, 6.45) is 9.20. The molecule has 10 rings (SSSR count). The molecule has 1 aliphatic carbocycles. The average Bonchev–Trinajstić information content (AvgIpc) is 3.59. The van der Waals surface area contributed by atoms with Crippen LogP contribution in [-0.2, 0) is 27.5 Å². The summed E-state index contributed by atoms with van der Waals surface area (Å²) < 4.78 is 14.2. The quantitative estimate of drug-likeness (QED) is 0.166. The molecule has 1 aromatic heterocycles. The molecule has 1 unspecified atom stereocenters. The normalized spacial score (nSPS) is 22.8. The van der Waals surface area contributed by atoms with Gasteiger partial charge in [0.2, 0.25) is 11.8 Å². The van der Waals surface area contributed by atoms with Crippen LogP contribution in [0.25, 0.3) is 16.6 Å². The maximum Gasteiger partial charge on any atom is 0.265 e. The van der Waals surface area contributed by atoms with Crippen LogP contribution >= 0.6 is 0 Å². The second-order valence-corrected chi connectivity index (χ2v) is 17.1. The molecule has 1 atom stereocenters. The molecule has 60 heavy (non-hydrogen) atoms. The van der Waals surface area contributed by atoms with Gasteiger partial charge in [-0.2, -0.15) is 0 Å². The zero-order valence-electron chi connectivity index (χ0n) is 33.7. The van der Waals surface area contributed by atoms with Crippen LogP contribution in [0.4, 0.5) is 5.69 Å². The van der Waals surface area contributed by atoms with Crippen molar-refractivity contribution in [2.75, 3.05) is 31.1 Å². The van der Waals surface area contributed by atoms with Crippen molar-refractivity contribution in [1.82, 2.24) is 24.7 Å². The first-order valence-electron chi connectivity index (χ1n) is 21.5. The lowest BCUT2D eigenvalue weighted by molar-refractivity contribution is -0.136. The molecule has 1 saturated carbocycles. The number of ether oxygens (including phenoxy) is 2. The number of benzene rings is 4. The second kappa shape index (κ2) is 16.3. The molecule has 3 amide bonds. The Balaban J connectivity index is 0.669. The van der Waals surface area contributed by atoms with Gasteiger partial charge >= 0.3 is 0 Å². The third kappa shape index (κ3) is 7.70. The molecule has 3 saturated heterocycles. The molecule has 1 N–H and O–H groups in total. The topological polar surface area (TPSA) is 126 Å². The molecule has 4 fully saturated rings. The number of rotatable bonds is 10. The number of hydrogen-bond donors (Lipinski definition) is 1. The SMILES string of the molecule is O=C1CCC(N2Cc3cc(N4CCC(O[C@H]5C[C@H](N6CCC(c7ccc(-n8cnc9ccc(OCc%10ccccc%10)cc9c8=O)cc7)CC6)C5)CC4)ccc3C2=O)C(=O)N1. The minimum atomic E-state index is -0.598. The molecule has 4 aromatic carbocycles. The third-order valence-electron chi connectivity index (χ3n) is 13.4. The predicted molar refractivity (Wildman–Crippen MR) is 227 cm³/mol. The van der Waals surface area contributed by atoms with E-state index in [4.69, 9.17) is 9.47 Å². The Hall–Kier alpha value is -5.85. The van der Waals surface area contributed by atoms with Crippen molar-refractivity contribution in [1.29, 1.82) is 0 Å². The van der Waals surface area contributed by atoms with E-state index in [1.165, 1.54) is 5.56 Å². The van der Waals surface area contributed by atoms with Crippen molar-refractivity contribution in [2.45, 2.75) is 94.7 Å². The molecular formula is C48H50N6O6. The standard InChI is InChI=1S/C48H50N6O6/c55-45-15-14-44(46(56)50-45)53-28-34-24-36(10-12-41(34)47(53)57)51-22-18-38(19-23-51)60-40-25-37(26-40)52-20-16-33(17-21-52)32-6-8-35(9-7-32)54-30-49-43-13-11-39(27-42(43)48(54)58)59-29-31-4-2-1-3-5-31/h1-13,24,27,30,33,37-38,40,44H,14-23,25-26,28-29H2,(H,50,55,56)/t37-,40-,44?. The molecule has 12 nitrogen and oxygen atoms in total. The Labute approximate surface area is 349 Å². The van der Waals surface area contributed by atoms with Crippen molar-refractivity contribution in [2.24, 2.45) is 0 Å².